The second kappa shape index (κ2) is 10.8. The van der Waals surface area contributed by atoms with E-state index in [2.05, 4.69) is 17.2 Å². The monoisotopic (exact) mass is 247 g/mol. The third-order valence-electron chi connectivity index (χ3n) is 2.29. The highest BCUT2D eigenvalue weighted by molar-refractivity contribution is 5.33. The molecule has 0 saturated carbocycles. The Morgan fingerprint density at radius 2 is 1.94 bits per heavy atom. The average Bonchev–Trinajstić information content (AvgIpc) is 2.42. The lowest BCUT2D eigenvalue weighted by atomic mass is 10.2. The zero-order chi connectivity index (χ0) is 12.9. The molecule has 0 aliphatic carbocycles. The summed E-state index contributed by atoms with van der Waals surface area (Å²) in [6.07, 6.45) is 0.997. The van der Waals surface area contributed by atoms with Crippen molar-refractivity contribution in [3.05, 3.63) is 35.9 Å². The van der Waals surface area contributed by atoms with Crippen LogP contribution >= 0.6 is 0 Å². The fraction of sp³-hybridized carbons (Fsp3) is 0.467. The highest BCUT2D eigenvalue weighted by atomic mass is 16.5. The second-order valence-electron chi connectivity index (χ2n) is 3.80. The third-order valence-corrected chi connectivity index (χ3v) is 2.29. The van der Waals surface area contributed by atoms with Crippen molar-refractivity contribution in [2.45, 2.75) is 6.42 Å². The lowest BCUT2D eigenvalue weighted by Gasteiger charge is -2.03. The zero-order valence-corrected chi connectivity index (χ0v) is 10.9. The van der Waals surface area contributed by atoms with Gasteiger partial charge in [-0.2, -0.15) is 0 Å². The van der Waals surface area contributed by atoms with E-state index in [1.54, 1.807) is 7.11 Å². The molecular formula is C15H21NO2. The first-order valence-corrected chi connectivity index (χ1v) is 6.25. The van der Waals surface area contributed by atoms with Gasteiger partial charge in [0, 0.05) is 19.3 Å². The number of methoxy groups -OCH3 is 1. The predicted octanol–water partition coefficient (Wildman–Crippen LogP) is 1.68. The van der Waals surface area contributed by atoms with Crippen molar-refractivity contribution in [3.63, 3.8) is 0 Å². The molecule has 18 heavy (non-hydrogen) atoms. The van der Waals surface area contributed by atoms with Crippen LogP contribution in [0.4, 0.5) is 0 Å². The summed E-state index contributed by atoms with van der Waals surface area (Å²) in [4.78, 5) is 0. The minimum absolute atomic E-state index is 0.663. The lowest BCUT2D eigenvalue weighted by Crippen LogP contribution is -2.17. The molecule has 0 saturated heterocycles. The summed E-state index contributed by atoms with van der Waals surface area (Å²) < 4.78 is 10.2. The molecule has 1 rings (SSSR count). The number of hydrogen-bond acceptors (Lipinski definition) is 3. The van der Waals surface area contributed by atoms with Gasteiger partial charge in [0.15, 0.2) is 0 Å². The number of rotatable bonds is 8. The zero-order valence-electron chi connectivity index (χ0n) is 10.9. The summed E-state index contributed by atoms with van der Waals surface area (Å²) in [5.74, 6) is 6.19. The Kier molecular flexibility index (Phi) is 8.82. The quantitative estimate of drug-likeness (QED) is 0.560. The Hall–Kier alpha value is -1.34. The van der Waals surface area contributed by atoms with Gasteiger partial charge in [0.1, 0.15) is 0 Å². The summed E-state index contributed by atoms with van der Waals surface area (Å²) in [6, 6.07) is 10.0. The van der Waals surface area contributed by atoms with Crippen LogP contribution in [0, 0.1) is 11.8 Å². The molecular weight excluding hydrogens is 226 g/mol. The topological polar surface area (TPSA) is 30.5 Å². The Bertz CT molecular complexity index is 354. The highest BCUT2D eigenvalue weighted by Crippen LogP contribution is 1.94. The van der Waals surface area contributed by atoms with Gasteiger partial charge in [-0.15, -0.1) is 0 Å². The molecule has 3 heteroatoms. The van der Waals surface area contributed by atoms with Crippen LogP contribution in [0.1, 0.15) is 12.0 Å². The van der Waals surface area contributed by atoms with E-state index in [1.807, 2.05) is 30.3 Å². The van der Waals surface area contributed by atoms with Gasteiger partial charge in [-0.05, 0) is 25.1 Å². The first-order valence-electron chi connectivity index (χ1n) is 6.25. The summed E-state index contributed by atoms with van der Waals surface area (Å²) in [5, 5.41) is 3.26. The Morgan fingerprint density at radius 1 is 1.11 bits per heavy atom. The molecule has 0 bridgehead atoms. The standard InChI is InChI=1S/C15H21NO2/c1-17-13-14-18-12-6-11-16-10-5-9-15-7-3-2-4-8-15/h2-4,7-8,16H,6,10-14H2,1H3. The number of ether oxygens (including phenoxy) is 2. The molecule has 1 aromatic rings. The molecule has 0 aromatic heterocycles. The van der Waals surface area contributed by atoms with E-state index in [4.69, 9.17) is 9.47 Å². The lowest BCUT2D eigenvalue weighted by molar-refractivity contribution is 0.0696. The van der Waals surface area contributed by atoms with Crippen LogP contribution in [0.2, 0.25) is 0 Å². The number of benzene rings is 1. The molecule has 0 aliphatic heterocycles. The largest absolute Gasteiger partial charge is 0.382 e. The molecule has 0 aliphatic rings. The molecule has 0 amide bonds. The van der Waals surface area contributed by atoms with Gasteiger partial charge in [0.2, 0.25) is 0 Å². The van der Waals surface area contributed by atoms with Gasteiger partial charge in [0.25, 0.3) is 0 Å². The smallest absolute Gasteiger partial charge is 0.0700 e. The fourth-order valence-electron chi connectivity index (χ4n) is 1.36. The maximum Gasteiger partial charge on any atom is 0.0700 e. The first-order chi connectivity index (χ1) is 8.93. The van der Waals surface area contributed by atoms with E-state index in [9.17, 15) is 0 Å². The van der Waals surface area contributed by atoms with E-state index < -0.39 is 0 Å². The van der Waals surface area contributed by atoms with Gasteiger partial charge >= 0.3 is 0 Å². The van der Waals surface area contributed by atoms with Crippen molar-refractivity contribution in [2.75, 3.05) is 40.0 Å². The van der Waals surface area contributed by atoms with Crippen molar-refractivity contribution < 1.29 is 9.47 Å². The van der Waals surface area contributed by atoms with Gasteiger partial charge in [0.05, 0.1) is 19.8 Å². The van der Waals surface area contributed by atoms with Crippen LogP contribution < -0.4 is 5.32 Å². The minimum Gasteiger partial charge on any atom is -0.382 e. The van der Waals surface area contributed by atoms with Gasteiger partial charge in [-0.1, -0.05) is 30.0 Å². The van der Waals surface area contributed by atoms with Gasteiger partial charge < -0.3 is 14.8 Å². The van der Waals surface area contributed by atoms with Crippen LogP contribution in [-0.2, 0) is 9.47 Å². The van der Waals surface area contributed by atoms with Crippen LogP contribution in [0.25, 0.3) is 0 Å². The molecule has 1 N–H and O–H groups in total. The molecule has 0 heterocycles. The Balaban J connectivity index is 1.94. The van der Waals surface area contributed by atoms with Crippen LogP contribution in [0.5, 0.6) is 0 Å². The summed E-state index contributed by atoms with van der Waals surface area (Å²) in [5.41, 5.74) is 1.06. The summed E-state index contributed by atoms with van der Waals surface area (Å²) in [7, 11) is 1.68. The predicted molar refractivity (Wildman–Crippen MR) is 73.5 cm³/mol. The van der Waals surface area contributed by atoms with E-state index in [0.29, 0.717) is 19.8 Å². The van der Waals surface area contributed by atoms with Crippen LogP contribution in [0.15, 0.2) is 30.3 Å². The highest BCUT2D eigenvalue weighted by Gasteiger charge is 1.88. The molecule has 98 valence electrons. The van der Waals surface area contributed by atoms with E-state index >= 15 is 0 Å². The molecule has 0 spiro atoms. The Labute approximate surface area is 109 Å². The molecule has 0 atom stereocenters. The first kappa shape index (κ1) is 14.7. The van der Waals surface area contributed by atoms with Crippen molar-refractivity contribution in [2.24, 2.45) is 0 Å². The number of hydrogen-bond donors (Lipinski definition) is 1. The van der Waals surface area contributed by atoms with Crippen molar-refractivity contribution in [1.29, 1.82) is 0 Å². The average molecular weight is 247 g/mol. The second-order valence-corrected chi connectivity index (χ2v) is 3.80. The maximum atomic E-state index is 5.35. The SMILES string of the molecule is COCCOCCCNCC#Cc1ccccc1. The molecule has 0 radical (unpaired) electrons. The third kappa shape index (κ3) is 7.86. The molecule has 0 unspecified atom stereocenters. The van der Waals surface area contributed by atoms with E-state index in [1.165, 1.54) is 0 Å². The molecule has 0 fully saturated rings. The van der Waals surface area contributed by atoms with Crippen LogP contribution in [0.3, 0.4) is 0 Å². The van der Waals surface area contributed by atoms with E-state index in [-0.39, 0.29) is 0 Å². The molecule has 1 aromatic carbocycles. The maximum absolute atomic E-state index is 5.35. The van der Waals surface area contributed by atoms with Crippen molar-refractivity contribution >= 4 is 0 Å². The summed E-state index contributed by atoms with van der Waals surface area (Å²) in [6.45, 7) is 3.74. The normalized spacial score (nSPS) is 9.83. The van der Waals surface area contributed by atoms with Gasteiger partial charge in [-0.25, -0.2) is 0 Å². The fourth-order valence-corrected chi connectivity index (χ4v) is 1.36. The number of nitrogens with one attached hydrogen (secondary N) is 1. The summed E-state index contributed by atoms with van der Waals surface area (Å²) >= 11 is 0. The van der Waals surface area contributed by atoms with Crippen molar-refractivity contribution in [3.8, 4) is 11.8 Å². The van der Waals surface area contributed by atoms with Gasteiger partial charge in [-0.3, -0.25) is 0 Å². The Morgan fingerprint density at radius 3 is 2.72 bits per heavy atom. The van der Waals surface area contributed by atoms with Crippen molar-refractivity contribution in [1.82, 2.24) is 5.32 Å². The molecule has 3 nitrogen and oxygen atoms in total. The minimum atomic E-state index is 0.663. The van der Waals surface area contributed by atoms with Crippen LogP contribution in [-0.4, -0.2) is 40.0 Å². The van der Waals surface area contributed by atoms with E-state index in [0.717, 1.165) is 25.1 Å².